The number of hydrogen-bond acceptors (Lipinski definition) is 1. The summed E-state index contributed by atoms with van der Waals surface area (Å²) in [4.78, 5) is 10.2. The van der Waals surface area contributed by atoms with E-state index in [2.05, 4.69) is 0 Å². The molecule has 0 aliphatic carbocycles. The van der Waals surface area contributed by atoms with E-state index < -0.39 is 5.97 Å². The quantitative estimate of drug-likeness (QED) is 0.670. The molecule has 0 unspecified atom stereocenters. The van der Waals surface area contributed by atoms with Crippen molar-refractivity contribution in [2.45, 2.75) is 0 Å². The first-order chi connectivity index (χ1) is 6.09. The van der Waals surface area contributed by atoms with Gasteiger partial charge in [-0.3, -0.25) is 0 Å². The van der Waals surface area contributed by atoms with E-state index in [1.54, 1.807) is 18.2 Å². The molecule has 0 aromatic heterocycles. The molecule has 0 fully saturated rings. The SMILES string of the molecule is O=C(O)C=Cc1ccc(Cl)c(Cl)c1.[Ag]. The van der Waals surface area contributed by atoms with E-state index in [0.29, 0.717) is 15.6 Å². The minimum absolute atomic E-state index is 0. The Morgan fingerprint density at radius 3 is 2.43 bits per heavy atom. The van der Waals surface area contributed by atoms with Gasteiger partial charge < -0.3 is 5.11 Å². The molecule has 1 aromatic carbocycles. The Morgan fingerprint density at radius 1 is 1.29 bits per heavy atom. The molecule has 1 radical (unpaired) electrons. The van der Waals surface area contributed by atoms with Gasteiger partial charge >= 0.3 is 5.97 Å². The van der Waals surface area contributed by atoms with Gasteiger partial charge in [-0.1, -0.05) is 29.3 Å². The third-order valence-electron chi connectivity index (χ3n) is 1.36. The van der Waals surface area contributed by atoms with Crippen molar-refractivity contribution in [1.29, 1.82) is 0 Å². The molecule has 5 heteroatoms. The number of hydrogen-bond donors (Lipinski definition) is 1. The van der Waals surface area contributed by atoms with Gasteiger partial charge in [0.2, 0.25) is 0 Å². The second kappa shape index (κ2) is 6.27. The molecule has 0 aliphatic rings. The van der Waals surface area contributed by atoms with Crippen LogP contribution >= 0.6 is 23.2 Å². The van der Waals surface area contributed by atoms with Crippen LogP contribution in [0.4, 0.5) is 0 Å². The predicted molar refractivity (Wildman–Crippen MR) is 53.1 cm³/mol. The Morgan fingerprint density at radius 2 is 1.93 bits per heavy atom. The molecule has 0 aliphatic heterocycles. The monoisotopic (exact) mass is 323 g/mol. The molecule has 79 valence electrons. The van der Waals surface area contributed by atoms with Crippen molar-refractivity contribution in [1.82, 2.24) is 0 Å². The molecule has 0 atom stereocenters. The zero-order chi connectivity index (χ0) is 9.84. The van der Waals surface area contributed by atoms with Crippen molar-refractivity contribution in [3.05, 3.63) is 39.9 Å². The van der Waals surface area contributed by atoms with Crippen molar-refractivity contribution in [2.24, 2.45) is 0 Å². The summed E-state index contributed by atoms with van der Waals surface area (Å²) in [6.45, 7) is 0. The van der Waals surface area contributed by atoms with E-state index in [9.17, 15) is 4.79 Å². The van der Waals surface area contributed by atoms with Crippen LogP contribution in [0, 0.1) is 0 Å². The summed E-state index contributed by atoms with van der Waals surface area (Å²) < 4.78 is 0. The van der Waals surface area contributed by atoms with E-state index in [0.717, 1.165) is 6.08 Å². The summed E-state index contributed by atoms with van der Waals surface area (Å²) >= 11 is 11.4. The largest absolute Gasteiger partial charge is 0.478 e. The Bertz CT molecular complexity index is 364. The molecule has 0 amide bonds. The van der Waals surface area contributed by atoms with Crippen molar-refractivity contribution >= 4 is 35.2 Å². The van der Waals surface area contributed by atoms with Crippen molar-refractivity contribution in [3.8, 4) is 0 Å². The fraction of sp³-hybridized carbons (Fsp3) is 0. The topological polar surface area (TPSA) is 37.3 Å². The van der Waals surface area contributed by atoms with Crippen LogP contribution in [0.3, 0.4) is 0 Å². The molecule has 0 bridgehead atoms. The summed E-state index contributed by atoms with van der Waals surface area (Å²) in [6, 6.07) is 4.91. The summed E-state index contributed by atoms with van der Waals surface area (Å²) in [5.74, 6) is -0.994. The molecule has 0 heterocycles. The summed E-state index contributed by atoms with van der Waals surface area (Å²) in [5.41, 5.74) is 0.705. The first-order valence-corrected chi connectivity index (χ1v) is 4.21. The minimum atomic E-state index is -0.994. The van der Waals surface area contributed by atoms with Crippen LogP contribution in [0.25, 0.3) is 6.08 Å². The van der Waals surface area contributed by atoms with Crippen LogP contribution < -0.4 is 0 Å². The Labute approximate surface area is 107 Å². The van der Waals surface area contributed by atoms with E-state index in [1.165, 1.54) is 6.08 Å². The second-order valence-electron chi connectivity index (χ2n) is 2.35. The van der Waals surface area contributed by atoms with Gasteiger partial charge in [-0.25, -0.2) is 4.79 Å². The van der Waals surface area contributed by atoms with Crippen LogP contribution in [0.2, 0.25) is 10.0 Å². The van der Waals surface area contributed by atoms with Crippen molar-refractivity contribution < 1.29 is 32.3 Å². The van der Waals surface area contributed by atoms with Gasteiger partial charge in [0, 0.05) is 28.5 Å². The summed E-state index contributed by atoms with van der Waals surface area (Å²) in [5, 5.41) is 9.22. The summed E-state index contributed by atoms with van der Waals surface area (Å²) in [6.07, 6.45) is 2.49. The molecule has 14 heavy (non-hydrogen) atoms. The van der Waals surface area contributed by atoms with Gasteiger partial charge in [-0.2, -0.15) is 0 Å². The van der Waals surface area contributed by atoms with E-state index in [-0.39, 0.29) is 22.4 Å². The molecule has 0 saturated heterocycles. The van der Waals surface area contributed by atoms with Crippen LogP contribution in [0.1, 0.15) is 5.56 Å². The van der Waals surface area contributed by atoms with E-state index in [1.807, 2.05) is 0 Å². The van der Waals surface area contributed by atoms with E-state index >= 15 is 0 Å². The number of halogens is 2. The van der Waals surface area contributed by atoms with Crippen LogP contribution in [0.15, 0.2) is 24.3 Å². The third-order valence-corrected chi connectivity index (χ3v) is 2.10. The fourth-order valence-corrected chi connectivity index (χ4v) is 1.09. The molecular formula is C9H6AgCl2O2. The van der Waals surface area contributed by atoms with Crippen molar-refractivity contribution in [2.75, 3.05) is 0 Å². The first kappa shape index (κ1) is 13.8. The van der Waals surface area contributed by atoms with Gasteiger partial charge in [0.05, 0.1) is 10.0 Å². The zero-order valence-electron chi connectivity index (χ0n) is 6.80. The van der Waals surface area contributed by atoms with E-state index in [4.69, 9.17) is 28.3 Å². The molecule has 0 spiro atoms. The number of aliphatic carboxylic acids is 1. The van der Waals surface area contributed by atoms with Crippen LogP contribution in [0.5, 0.6) is 0 Å². The Hall–Kier alpha value is -0.250. The number of rotatable bonds is 2. The Kier molecular flexibility index (Phi) is 6.16. The molecule has 1 N–H and O–H groups in total. The number of carboxylic acid groups (broad SMARTS) is 1. The first-order valence-electron chi connectivity index (χ1n) is 3.45. The van der Waals surface area contributed by atoms with Gasteiger partial charge in [0.25, 0.3) is 0 Å². The van der Waals surface area contributed by atoms with Gasteiger partial charge in [-0.15, -0.1) is 0 Å². The molecular weight excluding hydrogens is 319 g/mol. The number of carbonyl (C=O) groups is 1. The smallest absolute Gasteiger partial charge is 0.328 e. The molecule has 2 nitrogen and oxygen atoms in total. The van der Waals surface area contributed by atoms with Gasteiger partial charge in [-0.05, 0) is 23.8 Å². The summed E-state index contributed by atoms with van der Waals surface area (Å²) in [7, 11) is 0. The molecule has 0 saturated carbocycles. The number of carboxylic acids is 1. The number of benzene rings is 1. The Balaban J connectivity index is 0.00000169. The second-order valence-corrected chi connectivity index (χ2v) is 3.16. The minimum Gasteiger partial charge on any atom is -0.478 e. The fourth-order valence-electron chi connectivity index (χ4n) is 0.784. The zero-order valence-corrected chi connectivity index (χ0v) is 9.79. The van der Waals surface area contributed by atoms with Gasteiger partial charge in [0.1, 0.15) is 0 Å². The molecule has 1 aromatic rings. The maximum Gasteiger partial charge on any atom is 0.328 e. The standard InChI is InChI=1S/C9H6Cl2O2.Ag/c10-7-3-1-6(5-8(7)11)2-4-9(12)13;/h1-5H,(H,12,13);. The van der Waals surface area contributed by atoms with Crippen LogP contribution in [-0.2, 0) is 27.2 Å². The molecule has 1 rings (SSSR count). The predicted octanol–water partition coefficient (Wildman–Crippen LogP) is 3.09. The normalized spacial score (nSPS) is 9.86. The average molecular weight is 325 g/mol. The maximum atomic E-state index is 10.2. The van der Waals surface area contributed by atoms with Crippen LogP contribution in [-0.4, -0.2) is 11.1 Å². The van der Waals surface area contributed by atoms with Crippen molar-refractivity contribution in [3.63, 3.8) is 0 Å². The van der Waals surface area contributed by atoms with Gasteiger partial charge in [0.15, 0.2) is 0 Å². The maximum absolute atomic E-state index is 10.2. The third kappa shape index (κ3) is 4.31. The average Bonchev–Trinajstić information content (AvgIpc) is 2.07.